The molecule has 0 atom stereocenters. The van der Waals surface area contributed by atoms with Gasteiger partial charge in [-0.1, -0.05) is 0 Å². The summed E-state index contributed by atoms with van der Waals surface area (Å²) >= 11 is 0. The SMILES string of the molecule is CNCN=CC12CC1C2. The molecule has 0 aliphatic heterocycles. The molecule has 2 aliphatic rings. The molecule has 0 heterocycles. The molecule has 0 aromatic rings. The topological polar surface area (TPSA) is 24.4 Å². The molecule has 0 radical (unpaired) electrons. The molecule has 0 aromatic heterocycles. The second-order valence-electron chi connectivity index (χ2n) is 3.16. The minimum Gasteiger partial charge on any atom is -0.301 e. The van der Waals surface area contributed by atoms with Crippen molar-refractivity contribution in [3.8, 4) is 0 Å². The number of nitrogens with one attached hydrogen (secondary N) is 1. The van der Waals surface area contributed by atoms with E-state index >= 15 is 0 Å². The van der Waals surface area contributed by atoms with Crippen molar-refractivity contribution >= 4 is 6.21 Å². The highest BCUT2D eigenvalue weighted by molar-refractivity contribution is 5.75. The molecule has 2 rings (SSSR count). The minimum absolute atomic E-state index is 0.636. The van der Waals surface area contributed by atoms with Crippen LogP contribution in [-0.4, -0.2) is 19.9 Å². The van der Waals surface area contributed by atoms with Crippen LogP contribution in [0.5, 0.6) is 0 Å². The summed E-state index contributed by atoms with van der Waals surface area (Å²) in [6.45, 7) is 0.786. The lowest BCUT2D eigenvalue weighted by atomic mass is 10.2. The molecule has 9 heavy (non-hydrogen) atoms. The molecular weight excluding hydrogens is 112 g/mol. The fraction of sp³-hybridized carbons (Fsp3) is 0.857. The number of hydrogen-bond donors (Lipinski definition) is 1. The number of rotatable bonds is 3. The molecule has 0 amide bonds. The Morgan fingerprint density at radius 3 is 2.89 bits per heavy atom. The number of aliphatic imine (C=N–C) groups is 1. The Balaban J connectivity index is 1.76. The molecule has 0 bridgehead atoms. The first-order valence-corrected chi connectivity index (χ1v) is 3.53. The van der Waals surface area contributed by atoms with Crippen LogP contribution >= 0.6 is 0 Å². The highest BCUT2D eigenvalue weighted by Crippen LogP contribution is 2.73. The van der Waals surface area contributed by atoms with Crippen LogP contribution in [0.3, 0.4) is 0 Å². The van der Waals surface area contributed by atoms with Gasteiger partial charge in [-0.05, 0) is 25.8 Å². The summed E-state index contributed by atoms with van der Waals surface area (Å²) in [6.07, 6.45) is 4.98. The lowest BCUT2D eigenvalue weighted by molar-refractivity contribution is 0.808. The quantitative estimate of drug-likeness (QED) is 0.549. The maximum absolute atomic E-state index is 4.23. The number of hydrogen-bond acceptors (Lipinski definition) is 2. The van der Waals surface area contributed by atoms with Gasteiger partial charge in [-0.15, -0.1) is 0 Å². The van der Waals surface area contributed by atoms with E-state index in [4.69, 9.17) is 0 Å². The predicted molar refractivity (Wildman–Crippen MR) is 37.6 cm³/mol. The second-order valence-corrected chi connectivity index (χ2v) is 3.16. The summed E-state index contributed by atoms with van der Waals surface area (Å²) in [5.41, 5.74) is 0.636. The highest BCUT2D eigenvalue weighted by Gasteiger charge is 2.68. The zero-order chi connectivity index (χ0) is 6.32. The van der Waals surface area contributed by atoms with Crippen molar-refractivity contribution in [1.82, 2.24) is 5.32 Å². The molecule has 2 saturated carbocycles. The molecule has 1 N–H and O–H groups in total. The molecule has 0 aromatic carbocycles. The summed E-state index contributed by atoms with van der Waals surface area (Å²) in [5, 5.41) is 2.99. The van der Waals surface area contributed by atoms with Crippen LogP contribution in [0.25, 0.3) is 0 Å². The predicted octanol–water partition coefficient (Wildman–Crippen LogP) is 0.644. The minimum atomic E-state index is 0.636. The summed E-state index contributed by atoms with van der Waals surface area (Å²) in [4.78, 5) is 4.23. The van der Waals surface area contributed by atoms with Gasteiger partial charge >= 0.3 is 0 Å². The molecule has 2 nitrogen and oxygen atoms in total. The Morgan fingerprint density at radius 1 is 1.78 bits per heavy atom. The van der Waals surface area contributed by atoms with Crippen molar-refractivity contribution in [2.24, 2.45) is 16.3 Å². The number of nitrogens with zero attached hydrogens (tertiary/aromatic N) is 1. The van der Waals surface area contributed by atoms with E-state index in [1.165, 1.54) is 12.8 Å². The number of fused-ring (bicyclic) bond motifs is 1. The van der Waals surface area contributed by atoms with Gasteiger partial charge in [0.1, 0.15) is 0 Å². The monoisotopic (exact) mass is 124 g/mol. The van der Waals surface area contributed by atoms with Crippen molar-refractivity contribution in [2.45, 2.75) is 12.8 Å². The Morgan fingerprint density at radius 2 is 2.44 bits per heavy atom. The zero-order valence-corrected chi connectivity index (χ0v) is 5.72. The van der Waals surface area contributed by atoms with Crippen molar-refractivity contribution in [3.63, 3.8) is 0 Å². The second kappa shape index (κ2) is 1.57. The maximum atomic E-state index is 4.23. The van der Waals surface area contributed by atoms with Crippen LogP contribution in [0, 0.1) is 11.3 Å². The van der Waals surface area contributed by atoms with Crippen LogP contribution in [-0.2, 0) is 0 Å². The van der Waals surface area contributed by atoms with Crippen LogP contribution in [0.1, 0.15) is 12.8 Å². The zero-order valence-electron chi connectivity index (χ0n) is 5.72. The normalized spacial score (nSPS) is 45.2. The standard InChI is InChI=1S/C7H12N2/c1-8-5-9-4-7-2-6(7)3-7/h4,6,8H,2-3,5H2,1H3. The molecular formula is C7H12N2. The summed E-state index contributed by atoms with van der Waals surface area (Å²) in [6, 6.07) is 0. The third-order valence-electron chi connectivity index (χ3n) is 2.34. The molecule has 2 fully saturated rings. The Labute approximate surface area is 55.4 Å². The van der Waals surface area contributed by atoms with Crippen LogP contribution in [0.2, 0.25) is 0 Å². The van der Waals surface area contributed by atoms with E-state index in [0.717, 1.165) is 12.6 Å². The van der Waals surface area contributed by atoms with E-state index in [0.29, 0.717) is 5.41 Å². The lowest BCUT2D eigenvalue weighted by Gasteiger charge is -1.91. The van der Waals surface area contributed by atoms with Gasteiger partial charge in [0.05, 0.1) is 6.67 Å². The molecule has 50 valence electrons. The van der Waals surface area contributed by atoms with Gasteiger partial charge in [0.25, 0.3) is 0 Å². The third kappa shape index (κ3) is 0.778. The van der Waals surface area contributed by atoms with E-state index in [1.54, 1.807) is 0 Å². The first-order valence-electron chi connectivity index (χ1n) is 3.53. The summed E-state index contributed by atoms with van der Waals surface area (Å²) in [7, 11) is 1.92. The largest absolute Gasteiger partial charge is 0.301 e. The third-order valence-corrected chi connectivity index (χ3v) is 2.34. The van der Waals surface area contributed by atoms with E-state index in [1.807, 2.05) is 7.05 Å². The van der Waals surface area contributed by atoms with Crippen molar-refractivity contribution < 1.29 is 0 Å². The fourth-order valence-electron chi connectivity index (χ4n) is 1.27. The Kier molecular flexibility index (Phi) is 0.943. The van der Waals surface area contributed by atoms with Gasteiger partial charge < -0.3 is 5.32 Å². The van der Waals surface area contributed by atoms with Crippen molar-refractivity contribution in [3.05, 3.63) is 0 Å². The molecule has 0 unspecified atom stereocenters. The maximum Gasteiger partial charge on any atom is 0.0878 e. The van der Waals surface area contributed by atoms with E-state index in [9.17, 15) is 0 Å². The fourth-order valence-corrected chi connectivity index (χ4v) is 1.27. The van der Waals surface area contributed by atoms with E-state index < -0.39 is 0 Å². The van der Waals surface area contributed by atoms with Gasteiger partial charge in [-0.2, -0.15) is 0 Å². The van der Waals surface area contributed by atoms with Crippen LogP contribution < -0.4 is 5.32 Å². The molecule has 0 spiro atoms. The van der Waals surface area contributed by atoms with Crippen LogP contribution in [0.4, 0.5) is 0 Å². The molecule has 2 aliphatic carbocycles. The average Bonchev–Trinajstić information content (AvgIpc) is 2.54. The van der Waals surface area contributed by atoms with Gasteiger partial charge in [0.15, 0.2) is 0 Å². The Hall–Kier alpha value is -0.370. The summed E-state index contributed by atoms with van der Waals surface area (Å²) in [5.74, 6) is 1.04. The van der Waals surface area contributed by atoms with E-state index in [2.05, 4.69) is 16.5 Å². The molecule has 2 heteroatoms. The summed E-state index contributed by atoms with van der Waals surface area (Å²) < 4.78 is 0. The van der Waals surface area contributed by atoms with Crippen molar-refractivity contribution in [2.75, 3.05) is 13.7 Å². The lowest BCUT2D eigenvalue weighted by Crippen LogP contribution is -2.05. The smallest absolute Gasteiger partial charge is 0.0878 e. The highest BCUT2D eigenvalue weighted by atomic mass is 15.0. The molecule has 0 saturated heterocycles. The van der Waals surface area contributed by atoms with Gasteiger partial charge in [0.2, 0.25) is 0 Å². The average molecular weight is 124 g/mol. The first-order chi connectivity index (χ1) is 4.37. The van der Waals surface area contributed by atoms with Gasteiger partial charge in [0, 0.05) is 11.6 Å². The van der Waals surface area contributed by atoms with Gasteiger partial charge in [-0.25, -0.2) is 0 Å². The first kappa shape index (κ1) is 5.42. The Bertz CT molecular complexity index is 145. The van der Waals surface area contributed by atoms with Crippen LogP contribution in [0.15, 0.2) is 4.99 Å². The van der Waals surface area contributed by atoms with Gasteiger partial charge in [-0.3, -0.25) is 4.99 Å². The van der Waals surface area contributed by atoms with Crippen molar-refractivity contribution in [1.29, 1.82) is 0 Å². The van der Waals surface area contributed by atoms with E-state index in [-0.39, 0.29) is 0 Å².